The molecule has 1 heterocycles. The van der Waals surface area contributed by atoms with Crippen molar-refractivity contribution in [1.29, 1.82) is 0 Å². The number of benzene rings is 2. The van der Waals surface area contributed by atoms with Crippen LogP contribution in [-0.4, -0.2) is 31.7 Å². The first-order chi connectivity index (χ1) is 12.4. The van der Waals surface area contributed by atoms with Gasteiger partial charge in [0.05, 0.1) is 10.5 Å². The molecular weight excluding hydrogens is 416 g/mol. The second-order valence-electron chi connectivity index (χ2n) is 6.26. The summed E-state index contributed by atoms with van der Waals surface area (Å²) in [4.78, 5) is 12.8. The Hall–Kier alpha value is -1.70. The molecule has 0 bridgehead atoms. The molecule has 3 rings (SSSR count). The van der Waals surface area contributed by atoms with Gasteiger partial charge in [-0.05, 0) is 71.1 Å². The van der Waals surface area contributed by atoms with E-state index in [0.717, 1.165) is 19.3 Å². The first-order valence-electron chi connectivity index (χ1n) is 8.62. The number of nitrogens with zero attached hydrogens (tertiary/aromatic N) is 1. The maximum Gasteiger partial charge on any atom is 0.256 e. The van der Waals surface area contributed by atoms with E-state index in [1.165, 1.54) is 22.0 Å². The molecule has 0 unspecified atom stereocenters. The highest BCUT2D eigenvalue weighted by Gasteiger charge is 2.28. The zero-order valence-electron chi connectivity index (χ0n) is 14.5. The summed E-state index contributed by atoms with van der Waals surface area (Å²) >= 11 is 3.35. The van der Waals surface area contributed by atoms with Gasteiger partial charge >= 0.3 is 0 Å². The normalized spacial score (nSPS) is 15.2. The van der Waals surface area contributed by atoms with Crippen molar-refractivity contribution in [3.05, 3.63) is 58.1 Å². The average molecular weight is 437 g/mol. The molecule has 0 spiro atoms. The summed E-state index contributed by atoms with van der Waals surface area (Å²) in [5, 5.41) is 2.82. The van der Waals surface area contributed by atoms with Crippen molar-refractivity contribution in [2.45, 2.75) is 31.1 Å². The summed E-state index contributed by atoms with van der Waals surface area (Å²) in [6.45, 7) is 3.13. The molecule has 0 saturated carbocycles. The van der Waals surface area contributed by atoms with Crippen LogP contribution in [0.25, 0.3) is 0 Å². The van der Waals surface area contributed by atoms with Crippen molar-refractivity contribution in [2.75, 3.05) is 18.4 Å². The van der Waals surface area contributed by atoms with E-state index in [2.05, 4.69) is 28.2 Å². The van der Waals surface area contributed by atoms with E-state index in [9.17, 15) is 13.2 Å². The number of amides is 1. The lowest BCUT2D eigenvalue weighted by atomic mass is 10.1. The van der Waals surface area contributed by atoms with Crippen LogP contribution in [-0.2, 0) is 16.4 Å². The van der Waals surface area contributed by atoms with E-state index < -0.39 is 10.0 Å². The molecule has 2 aromatic carbocycles. The molecular formula is C19H21BrN2O3S. The van der Waals surface area contributed by atoms with Gasteiger partial charge in [-0.3, -0.25) is 4.79 Å². The monoisotopic (exact) mass is 436 g/mol. The van der Waals surface area contributed by atoms with Crippen LogP contribution in [0.5, 0.6) is 0 Å². The van der Waals surface area contributed by atoms with Gasteiger partial charge < -0.3 is 5.32 Å². The number of sulfonamides is 1. The lowest BCUT2D eigenvalue weighted by Crippen LogP contribution is -2.28. The third-order valence-electron chi connectivity index (χ3n) is 4.51. The van der Waals surface area contributed by atoms with E-state index in [0.29, 0.717) is 28.8 Å². The summed E-state index contributed by atoms with van der Waals surface area (Å²) in [5.74, 6) is -0.348. The Labute approximate surface area is 162 Å². The largest absolute Gasteiger partial charge is 0.322 e. The Kier molecular flexibility index (Phi) is 5.79. The van der Waals surface area contributed by atoms with E-state index >= 15 is 0 Å². The van der Waals surface area contributed by atoms with Gasteiger partial charge in [0, 0.05) is 23.2 Å². The molecule has 1 aliphatic rings. The van der Waals surface area contributed by atoms with Crippen molar-refractivity contribution >= 4 is 37.5 Å². The van der Waals surface area contributed by atoms with Crippen molar-refractivity contribution in [3.8, 4) is 0 Å². The fourth-order valence-corrected chi connectivity index (χ4v) is 4.91. The van der Waals surface area contributed by atoms with E-state index in [-0.39, 0.29) is 10.8 Å². The van der Waals surface area contributed by atoms with Crippen LogP contribution in [0.4, 0.5) is 5.69 Å². The van der Waals surface area contributed by atoms with Gasteiger partial charge in [-0.25, -0.2) is 8.42 Å². The minimum Gasteiger partial charge on any atom is -0.322 e. The zero-order valence-corrected chi connectivity index (χ0v) is 16.9. The van der Waals surface area contributed by atoms with Gasteiger partial charge in [0.25, 0.3) is 5.91 Å². The van der Waals surface area contributed by atoms with Crippen LogP contribution in [0, 0.1) is 0 Å². The Morgan fingerprint density at radius 2 is 1.77 bits per heavy atom. The van der Waals surface area contributed by atoms with E-state index in [1.807, 2.05) is 24.3 Å². The van der Waals surface area contributed by atoms with Crippen LogP contribution in [0.2, 0.25) is 0 Å². The molecule has 7 heteroatoms. The summed E-state index contributed by atoms with van der Waals surface area (Å²) in [6, 6.07) is 12.2. The van der Waals surface area contributed by atoms with Gasteiger partial charge in [-0.1, -0.05) is 19.1 Å². The van der Waals surface area contributed by atoms with Gasteiger partial charge in [-0.15, -0.1) is 0 Å². The summed E-state index contributed by atoms with van der Waals surface area (Å²) in [5.41, 5.74) is 2.15. The molecule has 0 aromatic heterocycles. The molecule has 1 aliphatic heterocycles. The van der Waals surface area contributed by atoms with Gasteiger partial charge in [0.15, 0.2) is 0 Å². The molecule has 1 N–H and O–H groups in total. The number of aryl methyl sites for hydroxylation is 1. The number of hydrogen-bond donors (Lipinski definition) is 1. The van der Waals surface area contributed by atoms with E-state index in [1.54, 1.807) is 6.07 Å². The maximum atomic E-state index is 12.7. The molecule has 5 nitrogen and oxygen atoms in total. The maximum absolute atomic E-state index is 12.7. The quantitative estimate of drug-likeness (QED) is 0.768. The molecule has 0 aliphatic carbocycles. The fourth-order valence-electron chi connectivity index (χ4n) is 2.94. The highest BCUT2D eigenvalue weighted by molar-refractivity contribution is 9.10. The fraction of sp³-hybridized carbons (Fsp3) is 0.316. The van der Waals surface area contributed by atoms with Crippen molar-refractivity contribution < 1.29 is 13.2 Å². The number of hydrogen-bond acceptors (Lipinski definition) is 3. The molecule has 2 aromatic rings. The number of nitrogens with one attached hydrogen (secondary N) is 1. The van der Waals surface area contributed by atoms with E-state index in [4.69, 9.17) is 0 Å². The lowest BCUT2D eigenvalue weighted by molar-refractivity contribution is 0.102. The zero-order chi connectivity index (χ0) is 18.7. The van der Waals surface area contributed by atoms with Crippen molar-refractivity contribution in [2.24, 2.45) is 0 Å². The third-order valence-corrected chi connectivity index (χ3v) is 7.09. The van der Waals surface area contributed by atoms with Gasteiger partial charge in [0.2, 0.25) is 10.0 Å². The second kappa shape index (κ2) is 7.90. The molecule has 26 heavy (non-hydrogen) atoms. The second-order valence-corrected chi connectivity index (χ2v) is 9.05. The van der Waals surface area contributed by atoms with Crippen LogP contribution >= 0.6 is 15.9 Å². The standard InChI is InChI=1S/C19H21BrN2O3S/c1-2-14-5-7-15(8-6-14)21-19(23)17-13-16(9-10-18(17)20)26(24,25)22-11-3-4-12-22/h5-10,13H,2-4,11-12H2,1H3,(H,21,23). The molecule has 0 atom stereocenters. The number of anilines is 1. The third kappa shape index (κ3) is 4.00. The number of halogens is 1. The molecule has 138 valence electrons. The van der Waals surface area contributed by atoms with Gasteiger partial charge in [0.1, 0.15) is 0 Å². The lowest BCUT2D eigenvalue weighted by Gasteiger charge is -2.16. The highest BCUT2D eigenvalue weighted by atomic mass is 79.9. The Morgan fingerprint density at radius 1 is 1.12 bits per heavy atom. The van der Waals surface area contributed by atoms with Crippen LogP contribution in [0.1, 0.15) is 35.7 Å². The van der Waals surface area contributed by atoms with Crippen molar-refractivity contribution in [3.63, 3.8) is 0 Å². The van der Waals surface area contributed by atoms with Crippen molar-refractivity contribution in [1.82, 2.24) is 4.31 Å². The minimum atomic E-state index is -3.56. The molecule has 1 saturated heterocycles. The topological polar surface area (TPSA) is 66.5 Å². The Bertz CT molecular complexity index is 905. The minimum absolute atomic E-state index is 0.147. The Morgan fingerprint density at radius 3 is 2.38 bits per heavy atom. The smallest absolute Gasteiger partial charge is 0.256 e. The molecule has 0 radical (unpaired) electrons. The molecule has 1 amide bonds. The number of carbonyl (C=O) groups excluding carboxylic acids is 1. The van der Waals surface area contributed by atoms with Gasteiger partial charge in [-0.2, -0.15) is 4.31 Å². The SMILES string of the molecule is CCc1ccc(NC(=O)c2cc(S(=O)(=O)N3CCCC3)ccc2Br)cc1. The Balaban J connectivity index is 1.85. The highest BCUT2D eigenvalue weighted by Crippen LogP contribution is 2.26. The summed E-state index contributed by atoms with van der Waals surface area (Å²) < 4.78 is 27.5. The van der Waals surface area contributed by atoms with Crippen LogP contribution < -0.4 is 5.32 Å². The first-order valence-corrected chi connectivity index (χ1v) is 10.8. The summed E-state index contributed by atoms with van der Waals surface area (Å²) in [7, 11) is -3.56. The first kappa shape index (κ1) is 19.1. The predicted octanol–water partition coefficient (Wildman–Crippen LogP) is 4.05. The number of rotatable bonds is 5. The molecule has 1 fully saturated rings. The van der Waals surface area contributed by atoms with Crippen LogP contribution in [0.3, 0.4) is 0 Å². The van der Waals surface area contributed by atoms with Crippen LogP contribution in [0.15, 0.2) is 51.8 Å². The predicted molar refractivity (Wildman–Crippen MR) is 106 cm³/mol. The average Bonchev–Trinajstić information content (AvgIpc) is 3.18. The number of carbonyl (C=O) groups is 1. The summed E-state index contributed by atoms with van der Waals surface area (Å²) in [6.07, 6.45) is 2.67.